The van der Waals surface area contributed by atoms with Gasteiger partial charge in [-0.1, -0.05) is 0 Å². The van der Waals surface area contributed by atoms with Crippen LogP contribution in [0.25, 0.3) is 0 Å². The molecule has 2 heterocycles. The van der Waals surface area contributed by atoms with E-state index in [0.717, 1.165) is 84.5 Å². The van der Waals surface area contributed by atoms with Gasteiger partial charge in [-0.2, -0.15) is 0 Å². The number of aliphatic hydroxyl groups is 1. The maximum Gasteiger partial charge on any atom is 0.354 e. The van der Waals surface area contributed by atoms with Crippen molar-refractivity contribution >= 4 is 33.0 Å². The average molecular weight is 448 g/mol. The maximum atomic E-state index is 12.9. The first kappa shape index (κ1) is 20.0. The number of aryl methyl sites for hydroxylation is 1. The van der Waals surface area contributed by atoms with Crippen LogP contribution in [0.15, 0.2) is 14.8 Å². The number of rotatable bonds is 3. The smallest absolute Gasteiger partial charge is 0.354 e. The molecule has 1 saturated carbocycles. The number of carbonyl (C=O) groups excluding carboxylic acids is 1. The number of anilines is 1. The maximum absolute atomic E-state index is 12.9. The zero-order valence-corrected chi connectivity index (χ0v) is 18.7. The summed E-state index contributed by atoms with van der Waals surface area (Å²) in [5, 5.41) is 19.2. The minimum atomic E-state index is -3.47. The molecule has 1 fully saturated rings. The lowest BCUT2D eigenvalue weighted by atomic mass is 10.0. The van der Waals surface area contributed by atoms with Gasteiger partial charge in [0.2, 0.25) is 0 Å². The van der Waals surface area contributed by atoms with Gasteiger partial charge >= 0.3 is 6.03 Å². The van der Waals surface area contributed by atoms with Crippen molar-refractivity contribution in [1.82, 2.24) is 9.97 Å². The number of nitrogens with one attached hydrogen (secondary N) is 1. The number of nitrogens with zero attached hydrogens (tertiary/aromatic N) is 3. The second-order valence-electron chi connectivity index (χ2n) is 9.01. The Labute approximate surface area is 179 Å². The van der Waals surface area contributed by atoms with Gasteiger partial charge in [-0.05, 0) is 69.9 Å². The Balaban J connectivity index is 1.48. The van der Waals surface area contributed by atoms with Crippen molar-refractivity contribution in [2.45, 2.75) is 74.0 Å². The summed E-state index contributed by atoms with van der Waals surface area (Å²) >= 11 is 0.998. The summed E-state index contributed by atoms with van der Waals surface area (Å²) < 4.78 is 16.9. The van der Waals surface area contributed by atoms with Crippen LogP contribution in [-0.2, 0) is 40.2 Å². The first-order chi connectivity index (χ1) is 14.1. The molecular formula is C20H25N5O3S2. The van der Waals surface area contributed by atoms with E-state index in [4.69, 9.17) is 10.1 Å². The van der Waals surface area contributed by atoms with Gasteiger partial charge in [0.25, 0.3) is 0 Å². The Morgan fingerprint density at radius 3 is 2.73 bits per heavy atom. The van der Waals surface area contributed by atoms with Gasteiger partial charge in [0.1, 0.15) is 14.8 Å². The molecule has 160 valence electrons. The number of hydrogen-bond acceptors (Lipinski definition) is 6. The minimum absolute atomic E-state index is 0.164. The number of pyridine rings is 1. The number of hydrogen-bond donors (Lipinski definition) is 3. The normalized spacial score (nSPS) is 20.5. The third kappa shape index (κ3) is 3.26. The Morgan fingerprint density at radius 1 is 1.30 bits per heavy atom. The van der Waals surface area contributed by atoms with Gasteiger partial charge in [0, 0.05) is 11.1 Å². The number of aromatic nitrogens is 2. The van der Waals surface area contributed by atoms with Crippen molar-refractivity contribution < 1.29 is 14.1 Å². The third-order valence-corrected chi connectivity index (χ3v) is 9.47. The van der Waals surface area contributed by atoms with Crippen molar-refractivity contribution in [1.29, 1.82) is 0 Å². The summed E-state index contributed by atoms with van der Waals surface area (Å²) in [7, 11) is -3.47. The van der Waals surface area contributed by atoms with Crippen LogP contribution in [0.5, 0.6) is 0 Å². The zero-order chi connectivity index (χ0) is 21.3. The van der Waals surface area contributed by atoms with Crippen LogP contribution in [0.2, 0.25) is 0 Å². The molecule has 0 bridgehead atoms. The molecule has 5 rings (SSSR count). The highest BCUT2D eigenvalue weighted by molar-refractivity contribution is 7.93. The van der Waals surface area contributed by atoms with E-state index in [1.54, 1.807) is 13.8 Å². The van der Waals surface area contributed by atoms with Crippen LogP contribution in [-0.4, -0.2) is 25.3 Å². The minimum Gasteiger partial charge on any atom is -0.383 e. The van der Waals surface area contributed by atoms with E-state index in [2.05, 4.69) is 14.7 Å². The predicted molar refractivity (Wildman–Crippen MR) is 115 cm³/mol. The lowest BCUT2D eigenvalue weighted by Crippen LogP contribution is -2.19. The summed E-state index contributed by atoms with van der Waals surface area (Å²) in [4.78, 5) is 21.8. The molecule has 1 spiro atoms. The van der Waals surface area contributed by atoms with Crippen LogP contribution in [0.1, 0.15) is 67.1 Å². The molecule has 0 unspecified atom stereocenters. The third-order valence-electron chi connectivity index (χ3n) is 6.28. The molecule has 30 heavy (non-hydrogen) atoms. The molecule has 3 aliphatic rings. The number of thiazole rings is 1. The van der Waals surface area contributed by atoms with E-state index in [1.807, 2.05) is 0 Å². The molecule has 0 saturated heterocycles. The number of urea groups is 1. The van der Waals surface area contributed by atoms with Crippen molar-refractivity contribution in [3.8, 4) is 0 Å². The molecule has 1 atom stereocenters. The lowest BCUT2D eigenvalue weighted by Gasteiger charge is -2.16. The molecule has 0 radical (unpaired) electrons. The first-order valence-electron chi connectivity index (χ1n) is 10.2. The molecule has 8 nitrogen and oxygen atoms in total. The standard InChI is InChI=1S/C20H25N5O3S2/c1-19(2,27)17-22-10-14(29-17)30(21,28)25-18(26)24-15-11-4-3-5-13(11)23-16-12(15)6-7-20(16)8-9-20/h10,27H,3-9H2,1-2H3,(H3,21,23,24,25,26,28)/t30-/m1/s1. The highest BCUT2D eigenvalue weighted by Gasteiger charge is 2.51. The van der Waals surface area contributed by atoms with Crippen molar-refractivity contribution in [3.05, 3.63) is 33.7 Å². The highest BCUT2D eigenvalue weighted by Crippen LogP contribution is 2.58. The molecule has 10 heteroatoms. The van der Waals surface area contributed by atoms with Gasteiger partial charge in [-0.15, -0.1) is 15.7 Å². The predicted octanol–water partition coefficient (Wildman–Crippen LogP) is 3.16. The fourth-order valence-corrected chi connectivity index (χ4v) is 6.62. The molecule has 4 N–H and O–H groups in total. The summed E-state index contributed by atoms with van der Waals surface area (Å²) in [6.45, 7) is 3.16. The Kier molecular flexibility index (Phi) is 4.38. The molecule has 2 amide bonds. The van der Waals surface area contributed by atoms with E-state index in [1.165, 1.54) is 6.20 Å². The lowest BCUT2D eigenvalue weighted by molar-refractivity contribution is 0.0783. The molecule has 0 aliphatic heterocycles. The van der Waals surface area contributed by atoms with E-state index in [9.17, 15) is 14.1 Å². The number of carbonyl (C=O) groups is 1. The SMILES string of the molecule is CC(C)(O)c1ncc([S@](N)(=O)=NC(=O)Nc2c3c(nc4c2CCC42CC2)CCC3)s1. The van der Waals surface area contributed by atoms with Gasteiger partial charge in [0.15, 0.2) is 9.92 Å². The van der Waals surface area contributed by atoms with Crippen LogP contribution >= 0.6 is 11.3 Å². The first-order valence-corrected chi connectivity index (χ1v) is 12.6. The zero-order valence-electron chi connectivity index (χ0n) is 17.0. The fraction of sp³-hybridized carbons (Fsp3) is 0.550. The number of fused-ring (bicyclic) bond motifs is 3. The Bertz CT molecular complexity index is 1180. The summed E-state index contributed by atoms with van der Waals surface area (Å²) in [6, 6.07) is -0.722. The molecule has 3 aliphatic carbocycles. The average Bonchev–Trinajstić information content (AvgIpc) is 3.05. The van der Waals surface area contributed by atoms with E-state index >= 15 is 0 Å². The molecular weight excluding hydrogens is 422 g/mol. The van der Waals surface area contributed by atoms with E-state index < -0.39 is 21.5 Å². The van der Waals surface area contributed by atoms with Crippen LogP contribution < -0.4 is 10.5 Å². The van der Waals surface area contributed by atoms with Crippen LogP contribution in [0.3, 0.4) is 0 Å². The van der Waals surface area contributed by atoms with Gasteiger partial charge in [0.05, 0.1) is 17.6 Å². The second-order valence-corrected chi connectivity index (χ2v) is 12.1. The monoisotopic (exact) mass is 447 g/mol. The summed E-state index contributed by atoms with van der Waals surface area (Å²) in [5.41, 5.74) is 4.25. The van der Waals surface area contributed by atoms with Crippen molar-refractivity contribution in [3.63, 3.8) is 0 Å². The van der Waals surface area contributed by atoms with E-state index in [0.29, 0.717) is 5.01 Å². The second kappa shape index (κ2) is 6.56. The van der Waals surface area contributed by atoms with Crippen molar-refractivity contribution in [2.75, 3.05) is 5.32 Å². The van der Waals surface area contributed by atoms with Gasteiger partial charge in [-0.3, -0.25) is 4.98 Å². The number of amides is 2. The summed E-state index contributed by atoms with van der Waals surface area (Å²) in [6.07, 6.45) is 8.43. The van der Waals surface area contributed by atoms with Gasteiger partial charge < -0.3 is 10.4 Å². The quantitative estimate of drug-likeness (QED) is 0.665. The highest BCUT2D eigenvalue weighted by atomic mass is 32.2. The number of nitrogens with two attached hydrogens (primary N) is 1. The largest absolute Gasteiger partial charge is 0.383 e. The van der Waals surface area contributed by atoms with Crippen LogP contribution in [0.4, 0.5) is 10.5 Å². The van der Waals surface area contributed by atoms with Crippen LogP contribution in [0, 0.1) is 0 Å². The van der Waals surface area contributed by atoms with Gasteiger partial charge in [-0.25, -0.2) is 19.1 Å². The van der Waals surface area contributed by atoms with Crippen molar-refractivity contribution in [2.24, 2.45) is 9.50 Å². The molecule has 0 aromatic carbocycles. The fourth-order valence-electron chi connectivity index (χ4n) is 4.55. The molecule has 2 aromatic heterocycles. The molecule has 2 aromatic rings. The summed E-state index contributed by atoms with van der Waals surface area (Å²) in [5.74, 6) is 0. The van der Waals surface area contributed by atoms with E-state index in [-0.39, 0.29) is 9.62 Å². The Hall–Kier alpha value is -1.88. The topological polar surface area (TPSA) is 131 Å². The Morgan fingerprint density at radius 2 is 2.07 bits per heavy atom.